The molecule has 1 aromatic rings. The van der Waals surface area contributed by atoms with Crippen LogP contribution >= 0.6 is 0 Å². The van der Waals surface area contributed by atoms with Crippen molar-refractivity contribution < 1.29 is 8.95 Å². The van der Waals surface area contributed by atoms with E-state index in [4.69, 9.17) is 10.5 Å². The molecule has 0 aliphatic carbocycles. The highest BCUT2D eigenvalue weighted by Crippen LogP contribution is 2.14. The van der Waals surface area contributed by atoms with Gasteiger partial charge in [-0.15, -0.1) is 0 Å². The van der Waals surface area contributed by atoms with Crippen LogP contribution in [0.25, 0.3) is 0 Å². The van der Waals surface area contributed by atoms with Crippen LogP contribution in [-0.2, 0) is 15.5 Å². The van der Waals surface area contributed by atoms with Gasteiger partial charge in [0.1, 0.15) is 5.03 Å². The molecule has 2 atom stereocenters. The molecule has 1 aliphatic heterocycles. The van der Waals surface area contributed by atoms with Gasteiger partial charge >= 0.3 is 0 Å². The molecule has 17 heavy (non-hydrogen) atoms. The molecule has 1 saturated heterocycles. The lowest BCUT2D eigenvalue weighted by Gasteiger charge is -2.29. The minimum atomic E-state index is -1.20. The minimum Gasteiger partial charge on any atom is -0.396 e. The van der Waals surface area contributed by atoms with Crippen molar-refractivity contribution in [3.05, 3.63) is 18.3 Å². The van der Waals surface area contributed by atoms with E-state index < -0.39 is 10.8 Å². The topological polar surface area (TPSA) is 68.5 Å². The summed E-state index contributed by atoms with van der Waals surface area (Å²) in [4.78, 5) is 6.24. The average Bonchev–Trinajstić information content (AvgIpc) is 2.29. The second-order valence-corrected chi connectivity index (χ2v) is 5.58. The largest absolute Gasteiger partial charge is 0.396 e. The summed E-state index contributed by atoms with van der Waals surface area (Å²) < 4.78 is 17.7. The van der Waals surface area contributed by atoms with Crippen molar-refractivity contribution in [1.82, 2.24) is 9.88 Å². The smallest absolute Gasteiger partial charge is 0.150 e. The van der Waals surface area contributed by atoms with Gasteiger partial charge in [-0.2, -0.15) is 0 Å². The van der Waals surface area contributed by atoms with E-state index in [1.165, 1.54) is 0 Å². The number of nitrogen functional groups attached to an aromatic ring is 1. The quantitative estimate of drug-likeness (QED) is 0.830. The second-order valence-electron chi connectivity index (χ2n) is 4.17. The fourth-order valence-corrected chi connectivity index (χ4v) is 3.02. The highest BCUT2D eigenvalue weighted by Gasteiger charge is 2.21. The molecule has 0 aromatic carbocycles. The predicted molar refractivity (Wildman–Crippen MR) is 67.2 cm³/mol. The number of likely N-dealkylation sites (N-methyl/N-ethyl adjacent to an activating group) is 1. The van der Waals surface area contributed by atoms with Gasteiger partial charge in [-0.25, -0.2) is 4.98 Å². The van der Waals surface area contributed by atoms with Crippen LogP contribution in [0.1, 0.15) is 0 Å². The molecule has 94 valence electrons. The minimum absolute atomic E-state index is 0.00371. The molecule has 0 bridgehead atoms. The molecule has 1 aromatic heterocycles. The van der Waals surface area contributed by atoms with Crippen molar-refractivity contribution in [3.8, 4) is 0 Å². The van der Waals surface area contributed by atoms with Crippen LogP contribution < -0.4 is 5.73 Å². The number of ether oxygens (including phenoxy) is 1. The Morgan fingerprint density at radius 3 is 3.24 bits per heavy atom. The Balaban J connectivity index is 1.99. The Bertz CT molecular complexity index is 413. The number of nitrogens with two attached hydrogens (primary N) is 1. The molecular formula is C11H17N3O2S. The van der Waals surface area contributed by atoms with Crippen LogP contribution in [-0.4, -0.2) is 52.7 Å². The number of anilines is 1. The molecule has 0 amide bonds. The number of morpholine rings is 1. The summed E-state index contributed by atoms with van der Waals surface area (Å²) in [7, 11) is 0.840. The van der Waals surface area contributed by atoms with Gasteiger partial charge in [0.05, 0.1) is 35.0 Å². The van der Waals surface area contributed by atoms with Crippen LogP contribution in [0.15, 0.2) is 23.4 Å². The van der Waals surface area contributed by atoms with Gasteiger partial charge in [0.2, 0.25) is 0 Å². The molecule has 6 heteroatoms. The first-order valence-electron chi connectivity index (χ1n) is 5.56. The summed E-state index contributed by atoms with van der Waals surface area (Å²) in [5, 5.41) is 0.462. The van der Waals surface area contributed by atoms with Gasteiger partial charge in [0.25, 0.3) is 0 Å². The third kappa shape index (κ3) is 3.24. The molecule has 5 nitrogen and oxygen atoms in total. The summed E-state index contributed by atoms with van der Waals surface area (Å²) in [5.41, 5.74) is 6.23. The number of nitrogens with zero attached hydrogens (tertiary/aromatic N) is 2. The highest BCUT2D eigenvalue weighted by atomic mass is 32.2. The molecule has 0 radical (unpaired) electrons. The van der Waals surface area contributed by atoms with Gasteiger partial charge in [-0.1, -0.05) is 0 Å². The maximum absolute atomic E-state index is 12.1. The van der Waals surface area contributed by atoms with Crippen LogP contribution in [0.3, 0.4) is 0 Å². The van der Waals surface area contributed by atoms with Gasteiger partial charge in [0, 0.05) is 19.3 Å². The molecule has 0 spiro atoms. The van der Waals surface area contributed by atoms with Crippen molar-refractivity contribution >= 4 is 16.5 Å². The van der Waals surface area contributed by atoms with E-state index in [0.29, 0.717) is 23.1 Å². The summed E-state index contributed by atoms with van der Waals surface area (Å²) in [6.45, 7) is 2.42. The molecule has 0 saturated carbocycles. The third-order valence-electron chi connectivity index (χ3n) is 2.70. The Labute approximate surface area is 103 Å². The lowest BCUT2D eigenvalue weighted by atomic mass is 10.3. The van der Waals surface area contributed by atoms with E-state index >= 15 is 0 Å². The van der Waals surface area contributed by atoms with Crippen molar-refractivity contribution in [2.24, 2.45) is 0 Å². The first kappa shape index (κ1) is 12.5. The summed E-state index contributed by atoms with van der Waals surface area (Å²) >= 11 is 0. The van der Waals surface area contributed by atoms with E-state index in [1.54, 1.807) is 18.3 Å². The third-order valence-corrected chi connectivity index (χ3v) is 4.14. The highest BCUT2D eigenvalue weighted by molar-refractivity contribution is 7.85. The monoisotopic (exact) mass is 255 g/mol. The van der Waals surface area contributed by atoms with Gasteiger partial charge in [-0.05, 0) is 19.2 Å². The molecule has 2 rings (SSSR count). The first-order valence-corrected chi connectivity index (χ1v) is 6.87. The van der Waals surface area contributed by atoms with Crippen LogP contribution in [0.4, 0.5) is 5.69 Å². The second kappa shape index (κ2) is 5.57. The van der Waals surface area contributed by atoms with Gasteiger partial charge in [0.15, 0.2) is 0 Å². The lowest BCUT2D eigenvalue weighted by molar-refractivity contribution is -0.00642. The van der Waals surface area contributed by atoms with Gasteiger partial charge in [-0.3, -0.25) is 4.21 Å². The van der Waals surface area contributed by atoms with E-state index in [9.17, 15) is 4.21 Å². The number of aromatic nitrogens is 1. The molecule has 2 unspecified atom stereocenters. The molecule has 1 aliphatic rings. The fraction of sp³-hybridized carbons (Fsp3) is 0.545. The van der Waals surface area contributed by atoms with Crippen LogP contribution in [0.2, 0.25) is 0 Å². The zero-order valence-corrected chi connectivity index (χ0v) is 10.7. The van der Waals surface area contributed by atoms with Crippen molar-refractivity contribution in [3.63, 3.8) is 0 Å². The standard InChI is InChI=1S/C11H17N3O2S/c1-14-5-6-16-9(7-14)8-17(15)11-10(12)3-2-4-13-11/h2-4,9H,5-8,12H2,1H3. The molecule has 2 heterocycles. The molecule has 1 fully saturated rings. The zero-order chi connectivity index (χ0) is 12.3. The van der Waals surface area contributed by atoms with Crippen molar-refractivity contribution in [1.29, 1.82) is 0 Å². The molecule has 2 N–H and O–H groups in total. The molecular weight excluding hydrogens is 238 g/mol. The average molecular weight is 255 g/mol. The van der Waals surface area contributed by atoms with Crippen LogP contribution in [0.5, 0.6) is 0 Å². The summed E-state index contributed by atoms with van der Waals surface area (Å²) in [6, 6.07) is 3.45. The lowest BCUT2D eigenvalue weighted by Crippen LogP contribution is -2.42. The van der Waals surface area contributed by atoms with E-state index in [1.807, 2.05) is 7.05 Å². The Morgan fingerprint density at radius 1 is 1.71 bits per heavy atom. The first-order chi connectivity index (χ1) is 8.16. The normalized spacial score (nSPS) is 23.5. The maximum Gasteiger partial charge on any atom is 0.150 e. The fourth-order valence-electron chi connectivity index (χ4n) is 1.81. The SMILES string of the molecule is CN1CCOC(CS(=O)c2ncccc2N)C1. The zero-order valence-electron chi connectivity index (χ0n) is 9.83. The van der Waals surface area contributed by atoms with E-state index in [-0.39, 0.29) is 6.10 Å². The Hall–Kier alpha value is -0.980. The number of pyridine rings is 1. The number of rotatable bonds is 3. The summed E-state index contributed by atoms with van der Waals surface area (Å²) in [5.74, 6) is 0.450. The van der Waals surface area contributed by atoms with Crippen LogP contribution in [0, 0.1) is 0 Å². The van der Waals surface area contributed by atoms with E-state index in [0.717, 1.165) is 13.1 Å². The van der Waals surface area contributed by atoms with Crippen molar-refractivity contribution in [2.45, 2.75) is 11.1 Å². The predicted octanol–water partition coefficient (Wildman–Crippen LogP) is 0.102. The summed E-state index contributed by atoms with van der Waals surface area (Å²) in [6.07, 6.45) is 1.60. The Morgan fingerprint density at radius 2 is 2.53 bits per heavy atom. The van der Waals surface area contributed by atoms with Gasteiger partial charge < -0.3 is 15.4 Å². The van der Waals surface area contributed by atoms with Crippen molar-refractivity contribution in [2.75, 3.05) is 38.2 Å². The number of hydrogen-bond donors (Lipinski definition) is 1. The maximum atomic E-state index is 12.1. The Kier molecular flexibility index (Phi) is 4.09. The van der Waals surface area contributed by atoms with E-state index in [2.05, 4.69) is 9.88 Å². The number of hydrogen-bond acceptors (Lipinski definition) is 5.